The molecule has 1 fully saturated rings. The van der Waals surface area contributed by atoms with Crippen LogP contribution < -0.4 is 4.74 Å². The number of aryl methyl sites for hydroxylation is 1. The Morgan fingerprint density at radius 1 is 1.30 bits per heavy atom. The number of hydrogen-bond acceptors (Lipinski definition) is 2. The number of amides is 1. The maximum atomic E-state index is 12.3. The molecule has 0 radical (unpaired) electrons. The van der Waals surface area contributed by atoms with Crippen molar-refractivity contribution >= 4 is 16.8 Å². The number of carbonyl (C=O) groups is 1. The standard InChI is InChI=1S/C16H20N2O2/c1-17-11-12(9-16(19)18-7-3-4-8-18)14-10-13(20-2)5-6-15(14)17/h5-6,10-11H,3-4,7-9H2,1-2H3. The first-order chi connectivity index (χ1) is 9.69. The predicted molar refractivity (Wildman–Crippen MR) is 79.0 cm³/mol. The fraction of sp³-hybridized carbons (Fsp3) is 0.438. The topological polar surface area (TPSA) is 34.5 Å². The van der Waals surface area contributed by atoms with Gasteiger partial charge in [-0.15, -0.1) is 0 Å². The molecule has 2 heterocycles. The molecule has 1 aliphatic heterocycles. The summed E-state index contributed by atoms with van der Waals surface area (Å²) in [5.41, 5.74) is 2.22. The maximum absolute atomic E-state index is 12.3. The van der Waals surface area contributed by atoms with Crippen molar-refractivity contribution in [2.75, 3.05) is 20.2 Å². The minimum absolute atomic E-state index is 0.234. The molecule has 0 N–H and O–H groups in total. The molecule has 0 unspecified atom stereocenters. The number of rotatable bonds is 3. The molecule has 0 atom stereocenters. The number of likely N-dealkylation sites (tertiary alicyclic amines) is 1. The average molecular weight is 272 g/mol. The Kier molecular flexibility index (Phi) is 3.38. The third kappa shape index (κ3) is 2.26. The summed E-state index contributed by atoms with van der Waals surface area (Å²) in [6, 6.07) is 6.01. The van der Waals surface area contributed by atoms with E-state index in [4.69, 9.17) is 4.74 Å². The normalized spacial score (nSPS) is 15.0. The summed E-state index contributed by atoms with van der Waals surface area (Å²) in [5.74, 6) is 1.07. The lowest BCUT2D eigenvalue weighted by Gasteiger charge is -2.14. The molecule has 2 aromatic rings. The zero-order valence-electron chi connectivity index (χ0n) is 12.1. The molecule has 1 aliphatic rings. The Balaban J connectivity index is 1.92. The van der Waals surface area contributed by atoms with Crippen molar-refractivity contribution in [2.45, 2.75) is 19.3 Å². The van der Waals surface area contributed by atoms with Gasteiger partial charge < -0.3 is 14.2 Å². The van der Waals surface area contributed by atoms with E-state index in [-0.39, 0.29) is 5.91 Å². The summed E-state index contributed by atoms with van der Waals surface area (Å²) in [5, 5.41) is 1.11. The van der Waals surface area contributed by atoms with E-state index in [9.17, 15) is 4.79 Å². The van der Waals surface area contributed by atoms with Gasteiger partial charge in [0.1, 0.15) is 5.75 Å². The summed E-state index contributed by atoms with van der Waals surface area (Å²) in [7, 11) is 3.68. The Bertz CT molecular complexity index is 639. The molecule has 106 valence electrons. The molecular weight excluding hydrogens is 252 g/mol. The lowest BCUT2D eigenvalue weighted by molar-refractivity contribution is -0.129. The zero-order valence-corrected chi connectivity index (χ0v) is 12.1. The van der Waals surface area contributed by atoms with Crippen LogP contribution in [-0.4, -0.2) is 35.6 Å². The summed E-state index contributed by atoms with van der Waals surface area (Å²) in [6.07, 6.45) is 4.80. The van der Waals surface area contributed by atoms with E-state index in [1.54, 1.807) is 7.11 Å². The highest BCUT2D eigenvalue weighted by Gasteiger charge is 2.19. The summed E-state index contributed by atoms with van der Waals surface area (Å²) in [6.45, 7) is 1.82. The number of fused-ring (bicyclic) bond motifs is 1. The molecule has 0 saturated carbocycles. The van der Waals surface area contributed by atoms with Crippen LogP contribution in [0.4, 0.5) is 0 Å². The molecule has 20 heavy (non-hydrogen) atoms. The van der Waals surface area contributed by atoms with Crippen LogP contribution in [0.5, 0.6) is 5.75 Å². The number of benzene rings is 1. The molecule has 4 nitrogen and oxygen atoms in total. The average Bonchev–Trinajstić information content (AvgIpc) is 3.08. The van der Waals surface area contributed by atoms with Gasteiger partial charge in [-0.3, -0.25) is 4.79 Å². The van der Waals surface area contributed by atoms with Gasteiger partial charge >= 0.3 is 0 Å². The number of hydrogen-bond donors (Lipinski definition) is 0. The molecule has 0 bridgehead atoms. The van der Waals surface area contributed by atoms with Crippen LogP contribution in [0.2, 0.25) is 0 Å². The predicted octanol–water partition coefficient (Wildman–Crippen LogP) is 2.35. The monoisotopic (exact) mass is 272 g/mol. The second-order valence-corrected chi connectivity index (χ2v) is 5.41. The van der Waals surface area contributed by atoms with Gasteiger partial charge in [0.15, 0.2) is 0 Å². The first-order valence-electron chi connectivity index (χ1n) is 7.09. The molecule has 1 aromatic carbocycles. The highest BCUT2D eigenvalue weighted by Crippen LogP contribution is 2.26. The second-order valence-electron chi connectivity index (χ2n) is 5.41. The number of nitrogens with zero attached hydrogens (tertiary/aromatic N) is 2. The highest BCUT2D eigenvalue weighted by molar-refractivity contribution is 5.90. The molecule has 1 amide bonds. The van der Waals surface area contributed by atoms with Crippen molar-refractivity contribution in [3.8, 4) is 5.75 Å². The van der Waals surface area contributed by atoms with E-state index in [2.05, 4.69) is 10.8 Å². The van der Waals surface area contributed by atoms with E-state index in [0.717, 1.165) is 48.1 Å². The van der Waals surface area contributed by atoms with E-state index in [0.29, 0.717) is 6.42 Å². The van der Waals surface area contributed by atoms with Crippen LogP contribution >= 0.6 is 0 Å². The van der Waals surface area contributed by atoms with Gasteiger partial charge in [-0.2, -0.15) is 0 Å². The van der Waals surface area contributed by atoms with Crippen molar-refractivity contribution in [2.24, 2.45) is 7.05 Å². The molecule has 0 spiro atoms. The first-order valence-corrected chi connectivity index (χ1v) is 7.09. The largest absolute Gasteiger partial charge is 0.497 e. The fourth-order valence-electron chi connectivity index (χ4n) is 2.96. The van der Waals surface area contributed by atoms with E-state index in [1.807, 2.05) is 30.1 Å². The zero-order chi connectivity index (χ0) is 14.1. The van der Waals surface area contributed by atoms with Crippen LogP contribution in [0.25, 0.3) is 10.9 Å². The van der Waals surface area contributed by atoms with Gasteiger partial charge in [-0.05, 0) is 36.6 Å². The number of carbonyl (C=O) groups excluding carboxylic acids is 1. The fourth-order valence-corrected chi connectivity index (χ4v) is 2.96. The van der Waals surface area contributed by atoms with Crippen LogP contribution in [0.15, 0.2) is 24.4 Å². The number of ether oxygens (including phenoxy) is 1. The molecule has 4 heteroatoms. The third-order valence-electron chi connectivity index (χ3n) is 4.08. The smallest absolute Gasteiger partial charge is 0.227 e. The van der Waals surface area contributed by atoms with Crippen molar-refractivity contribution < 1.29 is 9.53 Å². The van der Waals surface area contributed by atoms with Crippen LogP contribution in [0.3, 0.4) is 0 Å². The second kappa shape index (κ2) is 5.19. The van der Waals surface area contributed by atoms with Crippen LogP contribution in [0.1, 0.15) is 18.4 Å². The van der Waals surface area contributed by atoms with Crippen LogP contribution in [-0.2, 0) is 18.3 Å². The lowest BCUT2D eigenvalue weighted by Crippen LogP contribution is -2.28. The molecule has 3 rings (SSSR count). The highest BCUT2D eigenvalue weighted by atomic mass is 16.5. The lowest BCUT2D eigenvalue weighted by atomic mass is 10.1. The minimum Gasteiger partial charge on any atom is -0.497 e. The Morgan fingerprint density at radius 3 is 2.75 bits per heavy atom. The van der Waals surface area contributed by atoms with Gasteiger partial charge in [-0.25, -0.2) is 0 Å². The van der Waals surface area contributed by atoms with Crippen molar-refractivity contribution in [1.82, 2.24) is 9.47 Å². The van der Waals surface area contributed by atoms with Gasteiger partial charge in [-0.1, -0.05) is 0 Å². The maximum Gasteiger partial charge on any atom is 0.227 e. The Labute approximate surface area is 118 Å². The summed E-state index contributed by atoms with van der Waals surface area (Å²) < 4.78 is 7.36. The summed E-state index contributed by atoms with van der Waals surface area (Å²) >= 11 is 0. The Hall–Kier alpha value is -1.97. The SMILES string of the molecule is COc1ccc2c(c1)c(CC(=O)N1CCCC1)cn2C. The molecular formula is C16H20N2O2. The molecule has 1 aromatic heterocycles. The third-order valence-corrected chi connectivity index (χ3v) is 4.08. The first kappa shape index (κ1) is 13.0. The van der Waals surface area contributed by atoms with Gasteiger partial charge in [0.25, 0.3) is 0 Å². The number of methoxy groups -OCH3 is 1. The quantitative estimate of drug-likeness (QED) is 0.859. The molecule has 1 saturated heterocycles. The van der Waals surface area contributed by atoms with Crippen molar-refractivity contribution in [3.05, 3.63) is 30.0 Å². The van der Waals surface area contributed by atoms with E-state index >= 15 is 0 Å². The van der Waals surface area contributed by atoms with Gasteiger partial charge in [0.2, 0.25) is 5.91 Å². The van der Waals surface area contributed by atoms with E-state index in [1.165, 1.54) is 0 Å². The Morgan fingerprint density at radius 2 is 2.05 bits per heavy atom. The summed E-state index contributed by atoms with van der Waals surface area (Å²) in [4.78, 5) is 14.3. The van der Waals surface area contributed by atoms with E-state index < -0.39 is 0 Å². The van der Waals surface area contributed by atoms with Crippen LogP contribution in [0, 0.1) is 0 Å². The van der Waals surface area contributed by atoms with Crippen molar-refractivity contribution in [1.29, 1.82) is 0 Å². The van der Waals surface area contributed by atoms with Gasteiger partial charge in [0, 0.05) is 37.2 Å². The minimum atomic E-state index is 0.234. The van der Waals surface area contributed by atoms with Gasteiger partial charge in [0.05, 0.1) is 13.5 Å². The van der Waals surface area contributed by atoms with Crippen molar-refractivity contribution in [3.63, 3.8) is 0 Å². The number of aromatic nitrogens is 1. The molecule has 0 aliphatic carbocycles.